The number of rotatable bonds is 4. The maximum absolute atomic E-state index is 14.6. The summed E-state index contributed by atoms with van der Waals surface area (Å²) in [5, 5.41) is 11.2. The molecule has 0 bridgehead atoms. The maximum Gasteiger partial charge on any atom is 0.138 e. The standard InChI is InChI=1S/C53H32FN3/c54-36-24-27-41-45-30-35(22-25-40(45)38-13-4-5-14-39(38)46(41)32-36)48-17-10-20-53(55-48)57-50-19-9-6-15-42(50)44-26-21-34(31-52(44)57)33-23-28-51-47(29-33)43-16-7-8-18-49(43)56(51)37-11-2-1-3-12-37/h1-32H. The van der Waals surface area contributed by atoms with E-state index in [-0.39, 0.29) is 5.82 Å². The number of pyridine rings is 1. The lowest BCUT2D eigenvalue weighted by Gasteiger charge is -2.13. The molecule has 4 heteroatoms. The molecular weight excluding hydrogens is 698 g/mol. The molecule has 0 radical (unpaired) electrons. The van der Waals surface area contributed by atoms with Crippen LogP contribution in [0.4, 0.5) is 4.39 Å². The lowest BCUT2D eigenvalue weighted by atomic mass is 9.93. The van der Waals surface area contributed by atoms with E-state index in [1.807, 2.05) is 18.2 Å². The molecule has 0 N–H and O–H groups in total. The van der Waals surface area contributed by atoms with E-state index in [2.05, 4.69) is 173 Å². The molecule has 3 aromatic heterocycles. The third kappa shape index (κ3) is 4.81. The zero-order chi connectivity index (χ0) is 37.6. The average molecular weight is 730 g/mol. The summed E-state index contributed by atoms with van der Waals surface area (Å²) in [5.74, 6) is 0.617. The Morgan fingerprint density at radius 3 is 1.67 bits per heavy atom. The molecular formula is C53H32FN3. The van der Waals surface area contributed by atoms with Gasteiger partial charge in [0.05, 0.1) is 27.8 Å². The third-order valence-electron chi connectivity index (χ3n) is 11.8. The summed E-state index contributed by atoms with van der Waals surface area (Å²) in [5.41, 5.74) is 9.93. The summed E-state index contributed by atoms with van der Waals surface area (Å²) in [6.07, 6.45) is 0. The van der Waals surface area contributed by atoms with E-state index < -0.39 is 0 Å². The van der Waals surface area contributed by atoms with E-state index in [1.54, 1.807) is 12.1 Å². The molecule has 266 valence electrons. The normalized spacial score (nSPS) is 11.9. The Morgan fingerprint density at radius 2 is 0.842 bits per heavy atom. The molecule has 0 fully saturated rings. The topological polar surface area (TPSA) is 22.8 Å². The van der Waals surface area contributed by atoms with Crippen molar-refractivity contribution in [2.75, 3.05) is 0 Å². The fourth-order valence-electron chi connectivity index (χ4n) is 9.20. The van der Waals surface area contributed by atoms with Gasteiger partial charge < -0.3 is 4.57 Å². The van der Waals surface area contributed by atoms with E-state index in [0.29, 0.717) is 0 Å². The van der Waals surface area contributed by atoms with Gasteiger partial charge in [-0.1, -0.05) is 121 Å². The monoisotopic (exact) mass is 729 g/mol. The van der Waals surface area contributed by atoms with Crippen molar-refractivity contribution < 1.29 is 4.39 Å². The Labute approximate surface area is 327 Å². The molecule has 9 aromatic carbocycles. The van der Waals surface area contributed by atoms with Crippen LogP contribution in [-0.2, 0) is 0 Å². The summed E-state index contributed by atoms with van der Waals surface area (Å²) in [7, 11) is 0. The van der Waals surface area contributed by atoms with Crippen LogP contribution in [0.2, 0.25) is 0 Å². The number of aromatic nitrogens is 3. The SMILES string of the molecule is Fc1ccc2c(c1)c1ccccc1c1ccc(-c3cccc(-n4c5ccccc5c5ccc(-c6ccc7c(c6)c6ccccc6n7-c6ccccc6)cc54)n3)cc12. The van der Waals surface area contributed by atoms with Gasteiger partial charge in [-0.05, 0) is 116 Å². The van der Waals surface area contributed by atoms with Gasteiger partial charge in [0.2, 0.25) is 0 Å². The predicted octanol–water partition coefficient (Wildman–Crippen LogP) is 14.2. The minimum absolute atomic E-state index is 0.233. The van der Waals surface area contributed by atoms with Gasteiger partial charge in [0, 0.05) is 32.8 Å². The van der Waals surface area contributed by atoms with Crippen LogP contribution >= 0.6 is 0 Å². The molecule has 0 amide bonds. The molecule has 0 unspecified atom stereocenters. The van der Waals surface area contributed by atoms with Crippen LogP contribution in [0.15, 0.2) is 194 Å². The second-order valence-corrected chi connectivity index (χ2v) is 14.9. The average Bonchev–Trinajstić information content (AvgIpc) is 3.79. The first-order chi connectivity index (χ1) is 28.2. The minimum atomic E-state index is -0.233. The molecule has 3 heterocycles. The van der Waals surface area contributed by atoms with Crippen molar-refractivity contribution in [3.05, 3.63) is 200 Å². The number of benzene rings is 9. The van der Waals surface area contributed by atoms with Gasteiger partial charge in [0.1, 0.15) is 11.6 Å². The summed E-state index contributed by atoms with van der Waals surface area (Å²) in [4.78, 5) is 5.36. The minimum Gasteiger partial charge on any atom is -0.309 e. The lowest BCUT2D eigenvalue weighted by Crippen LogP contribution is -1.98. The highest BCUT2D eigenvalue weighted by molar-refractivity contribution is 6.25. The van der Waals surface area contributed by atoms with Gasteiger partial charge >= 0.3 is 0 Å². The highest BCUT2D eigenvalue weighted by Gasteiger charge is 2.18. The first-order valence-corrected chi connectivity index (χ1v) is 19.3. The number of hydrogen-bond donors (Lipinski definition) is 0. The third-order valence-corrected chi connectivity index (χ3v) is 11.8. The lowest BCUT2D eigenvalue weighted by molar-refractivity contribution is 0.630. The van der Waals surface area contributed by atoms with Crippen LogP contribution in [0.25, 0.3) is 110 Å². The number of halogens is 1. The Balaban J connectivity index is 1.03. The second kappa shape index (κ2) is 12.2. The van der Waals surface area contributed by atoms with E-state index >= 15 is 0 Å². The van der Waals surface area contributed by atoms with Crippen LogP contribution in [0.5, 0.6) is 0 Å². The van der Waals surface area contributed by atoms with Crippen molar-refractivity contribution in [1.29, 1.82) is 0 Å². The van der Waals surface area contributed by atoms with Crippen molar-refractivity contribution in [2.24, 2.45) is 0 Å². The van der Waals surface area contributed by atoms with Gasteiger partial charge in [-0.3, -0.25) is 4.57 Å². The Morgan fingerprint density at radius 1 is 0.316 bits per heavy atom. The molecule has 0 aliphatic heterocycles. The van der Waals surface area contributed by atoms with Crippen LogP contribution in [-0.4, -0.2) is 14.1 Å². The van der Waals surface area contributed by atoms with Crippen LogP contribution in [0.1, 0.15) is 0 Å². The van der Waals surface area contributed by atoms with Crippen LogP contribution < -0.4 is 0 Å². The summed E-state index contributed by atoms with van der Waals surface area (Å²) < 4.78 is 19.2. The van der Waals surface area contributed by atoms with E-state index in [9.17, 15) is 4.39 Å². The van der Waals surface area contributed by atoms with Crippen molar-refractivity contribution in [3.8, 4) is 33.9 Å². The highest BCUT2D eigenvalue weighted by Crippen LogP contribution is 2.40. The maximum atomic E-state index is 14.6. The second-order valence-electron chi connectivity index (χ2n) is 14.9. The van der Waals surface area contributed by atoms with Gasteiger partial charge in [-0.25, -0.2) is 9.37 Å². The van der Waals surface area contributed by atoms with Gasteiger partial charge in [0.25, 0.3) is 0 Å². The molecule has 0 atom stereocenters. The van der Waals surface area contributed by atoms with Gasteiger partial charge in [-0.15, -0.1) is 0 Å². The van der Waals surface area contributed by atoms with E-state index in [1.165, 1.54) is 32.6 Å². The fraction of sp³-hybridized carbons (Fsp3) is 0. The van der Waals surface area contributed by atoms with Crippen LogP contribution in [0, 0.1) is 5.82 Å². The van der Waals surface area contributed by atoms with Crippen molar-refractivity contribution in [3.63, 3.8) is 0 Å². The van der Waals surface area contributed by atoms with E-state index in [0.717, 1.165) is 77.2 Å². The Hall–Kier alpha value is -7.56. The molecule has 0 saturated carbocycles. The summed E-state index contributed by atoms with van der Waals surface area (Å²) >= 11 is 0. The van der Waals surface area contributed by atoms with Crippen molar-refractivity contribution in [2.45, 2.75) is 0 Å². The zero-order valence-corrected chi connectivity index (χ0v) is 30.7. The first kappa shape index (κ1) is 31.8. The van der Waals surface area contributed by atoms with Gasteiger partial charge in [0.15, 0.2) is 0 Å². The van der Waals surface area contributed by atoms with E-state index in [4.69, 9.17) is 4.98 Å². The molecule has 12 rings (SSSR count). The number of fused-ring (bicyclic) bond motifs is 12. The molecule has 3 nitrogen and oxygen atoms in total. The highest BCUT2D eigenvalue weighted by atomic mass is 19.1. The number of hydrogen-bond acceptors (Lipinski definition) is 1. The predicted molar refractivity (Wildman–Crippen MR) is 236 cm³/mol. The quantitative estimate of drug-likeness (QED) is 0.165. The number of para-hydroxylation sites is 3. The Bertz CT molecular complexity index is 3590. The molecule has 0 aliphatic rings. The largest absolute Gasteiger partial charge is 0.309 e. The fourth-order valence-corrected chi connectivity index (χ4v) is 9.20. The van der Waals surface area contributed by atoms with Crippen molar-refractivity contribution in [1.82, 2.24) is 14.1 Å². The summed E-state index contributed by atoms with van der Waals surface area (Å²) in [6, 6.07) is 67.7. The molecule has 0 aliphatic carbocycles. The number of nitrogens with zero attached hydrogens (tertiary/aromatic N) is 3. The zero-order valence-electron chi connectivity index (χ0n) is 30.7. The van der Waals surface area contributed by atoms with Gasteiger partial charge in [-0.2, -0.15) is 0 Å². The molecule has 0 saturated heterocycles. The molecule has 57 heavy (non-hydrogen) atoms. The van der Waals surface area contributed by atoms with Crippen molar-refractivity contribution >= 4 is 75.9 Å². The first-order valence-electron chi connectivity index (χ1n) is 19.3. The molecule has 12 aromatic rings. The molecule has 0 spiro atoms. The summed E-state index contributed by atoms with van der Waals surface area (Å²) in [6.45, 7) is 0. The van der Waals surface area contributed by atoms with Crippen LogP contribution in [0.3, 0.4) is 0 Å². The Kier molecular flexibility index (Phi) is 6.81. The smallest absolute Gasteiger partial charge is 0.138 e.